The smallest absolute Gasteiger partial charge is 0.308 e. The lowest BCUT2D eigenvalue weighted by atomic mass is 9.99. The van der Waals surface area contributed by atoms with E-state index in [1.807, 2.05) is 31.2 Å². The number of hydrogen-bond acceptors (Lipinski definition) is 2. The SMILES string of the molecule is C[C@@H]1CN(Cc2cccc(Cl)c2)C[C@H]1C(=O)O. The van der Waals surface area contributed by atoms with E-state index >= 15 is 0 Å². The number of carboxylic acids is 1. The van der Waals surface area contributed by atoms with Crippen LogP contribution < -0.4 is 0 Å². The molecule has 0 amide bonds. The van der Waals surface area contributed by atoms with E-state index in [-0.39, 0.29) is 11.8 Å². The van der Waals surface area contributed by atoms with E-state index in [1.165, 1.54) is 0 Å². The molecule has 0 unspecified atom stereocenters. The van der Waals surface area contributed by atoms with Crippen LogP contribution >= 0.6 is 11.6 Å². The van der Waals surface area contributed by atoms with Crippen LogP contribution in [0.2, 0.25) is 5.02 Å². The van der Waals surface area contributed by atoms with Crippen LogP contribution in [0.5, 0.6) is 0 Å². The predicted molar refractivity (Wildman–Crippen MR) is 67.0 cm³/mol. The molecule has 2 rings (SSSR count). The zero-order valence-corrected chi connectivity index (χ0v) is 10.5. The van der Waals surface area contributed by atoms with Gasteiger partial charge < -0.3 is 5.11 Å². The fraction of sp³-hybridized carbons (Fsp3) is 0.462. The normalized spacial score (nSPS) is 25.1. The van der Waals surface area contributed by atoms with Gasteiger partial charge in [-0.2, -0.15) is 0 Å². The van der Waals surface area contributed by atoms with Gasteiger partial charge in [-0.25, -0.2) is 0 Å². The Morgan fingerprint density at radius 3 is 2.88 bits per heavy atom. The highest BCUT2D eigenvalue weighted by Gasteiger charge is 2.34. The van der Waals surface area contributed by atoms with E-state index in [0.717, 1.165) is 23.7 Å². The van der Waals surface area contributed by atoms with Gasteiger partial charge in [0.05, 0.1) is 5.92 Å². The largest absolute Gasteiger partial charge is 0.481 e. The summed E-state index contributed by atoms with van der Waals surface area (Å²) in [5.41, 5.74) is 1.13. The van der Waals surface area contributed by atoms with Gasteiger partial charge in [0.25, 0.3) is 0 Å². The molecule has 0 bridgehead atoms. The van der Waals surface area contributed by atoms with Crippen LogP contribution in [-0.4, -0.2) is 29.1 Å². The van der Waals surface area contributed by atoms with Crippen molar-refractivity contribution in [1.29, 1.82) is 0 Å². The number of benzene rings is 1. The van der Waals surface area contributed by atoms with Crippen molar-refractivity contribution in [3.05, 3.63) is 34.9 Å². The first-order chi connectivity index (χ1) is 8.06. The Morgan fingerprint density at radius 1 is 1.53 bits per heavy atom. The van der Waals surface area contributed by atoms with E-state index in [0.29, 0.717) is 6.54 Å². The second-order valence-corrected chi connectivity index (χ2v) is 5.18. The van der Waals surface area contributed by atoms with Gasteiger partial charge in [-0.05, 0) is 23.6 Å². The second-order valence-electron chi connectivity index (χ2n) is 4.75. The molecule has 1 aromatic carbocycles. The number of halogens is 1. The summed E-state index contributed by atoms with van der Waals surface area (Å²) in [4.78, 5) is 13.2. The minimum Gasteiger partial charge on any atom is -0.481 e. The van der Waals surface area contributed by atoms with Crippen molar-refractivity contribution in [2.45, 2.75) is 13.5 Å². The first-order valence-electron chi connectivity index (χ1n) is 5.76. The van der Waals surface area contributed by atoms with Gasteiger partial charge in [0, 0.05) is 24.7 Å². The van der Waals surface area contributed by atoms with Gasteiger partial charge in [0.2, 0.25) is 0 Å². The van der Waals surface area contributed by atoms with Crippen LogP contribution in [0, 0.1) is 11.8 Å². The number of rotatable bonds is 3. The van der Waals surface area contributed by atoms with E-state index in [9.17, 15) is 4.79 Å². The minimum absolute atomic E-state index is 0.215. The zero-order valence-electron chi connectivity index (χ0n) is 9.77. The molecule has 4 heteroatoms. The van der Waals surface area contributed by atoms with Crippen molar-refractivity contribution in [1.82, 2.24) is 4.90 Å². The first-order valence-corrected chi connectivity index (χ1v) is 6.13. The average molecular weight is 254 g/mol. The van der Waals surface area contributed by atoms with Gasteiger partial charge in [-0.1, -0.05) is 30.7 Å². The van der Waals surface area contributed by atoms with Crippen LogP contribution in [0.3, 0.4) is 0 Å². The van der Waals surface area contributed by atoms with Gasteiger partial charge in [-0.3, -0.25) is 9.69 Å². The molecule has 1 fully saturated rings. The van der Waals surface area contributed by atoms with Crippen LogP contribution in [0.4, 0.5) is 0 Å². The zero-order chi connectivity index (χ0) is 12.4. The lowest BCUT2D eigenvalue weighted by molar-refractivity contribution is -0.142. The van der Waals surface area contributed by atoms with E-state index in [1.54, 1.807) is 0 Å². The summed E-state index contributed by atoms with van der Waals surface area (Å²) < 4.78 is 0. The second kappa shape index (κ2) is 5.07. The summed E-state index contributed by atoms with van der Waals surface area (Å²) in [6, 6.07) is 7.72. The van der Waals surface area contributed by atoms with E-state index in [2.05, 4.69) is 4.90 Å². The van der Waals surface area contributed by atoms with Crippen LogP contribution in [0.25, 0.3) is 0 Å². The number of carboxylic acid groups (broad SMARTS) is 1. The number of likely N-dealkylation sites (tertiary alicyclic amines) is 1. The number of nitrogens with zero attached hydrogens (tertiary/aromatic N) is 1. The van der Waals surface area contributed by atoms with Gasteiger partial charge in [0.1, 0.15) is 0 Å². The number of carbonyl (C=O) groups is 1. The Balaban J connectivity index is 2.00. The van der Waals surface area contributed by atoms with E-state index < -0.39 is 5.97 Å². The fourth-order valence-electron chi connectivity index (χ4n) is 2.41. The number of aliphatic carboxylic acids is 1. The average Bonchev–Trinajstić information content (AvgIpc) is 2.59. The molecule has 1 saturated heterocycles. The molecule has 0 aliphatic carbocycles. The highest BCUT2D eigenvalue weighted by Crippen LogP contribution is 2.25. The Bertz CT molecular complexity index is 422. The third-order valence-corrected chi connectivity index (χ3v) is 3.54. The van der Waals surface area contributed by atoms with Crippen LogP contribution in [0.15, 0.2) is 24.3 Å². The highest BCUT2D eigenvalue weighted by molar-refractivity contribution is 6.30. The lowest BCUT2D eigenvalue weighted by Crippen LogP contribution is -2.23. The Hall–Kier alpha value is -1.06. The Labute approximate surface area is 106 Å². The molecule has 17 heavy (non-hydrogen) atoms. The summed E-state index contributed by atoms with van der Waals surface area (Å²) >= 11 is 5.93. The Kier molecular flexibility index (Phi) is 3.69. The molecular weight excluding hydrogens is 238 g/mol. The van der Waals surface area contributed by atoms with Crippen LogP contribution in [0.1, 0.15) is 12.5 Å². The Morgan fingerprint density at radius 2 is 2.29 bits per heavy atom. The third-order valence-electron chi connectivity index (χ3n) is 3.30. The molecule has 0 spiro atoms. The highest BCUT2D eigenvalue weighted by atomic mass is 35.5. The molecule has 92 valence electrons. The quantitative estimate of drug-likeness (QED) is 0.900. The monoisotopic (exact) mass is 253 g/mol. The van der Waals surface area contributed by atoms with Crippen molar-refractivity contribution in [3.8, 4) is 0 Å². The summed E-state index contributed by atoms with van der Waals surface area (Å²) in [6.07, 6.45) is 0. The lowest BCUT2D eigenvalue weighted by Gasteiger charge is -2.15. The summed E-state index contributed by atoms with van der Waals surface area (Å²) in [6.45, 7) is 4.23. The molecule has 1 aromatic rings. The molecule has 0 aromatic heterocycles. The molecule has 2 atom stereocenters. The fourth-order valence-corrected chi connectivity index (χ4v) is 2.62. The van der Waals surface area contributed by atoms with Crippen molar-refractivity contribution in [2.24, 2.45) is 11.8 Å². The third kappa shape index (κ3) is 2.99. The summed E-state index contributed by atoms with van der Waals surface area (Å²) in [7, 11) is 0. The van der Waals surface area contributed by atoms with Crippen molar-refractivity contribution >= 4 is 17.6 Å². The molecule has 1 N–H and O–H groups in total. The maximum absolute atomic E-state index is 11.0. The van der Waals surface area contributed by atoms with Gasteiger partial charge >= 0.3 is 5.97 Å². The van der Waals surface area contributed by atoms with Crippen LogP contribution in [-0.2, 0) is 11.3 Å². The first kappa shape index (κ1) is 12.4. The molecule has 0 saturated carbocycles. The van der Waals surface area contributed by atoms with Crippen molar-refractivity contribution in [2.75, 3.05) is 13.1 Å². The molecular formula is C13H16ClNO2. The van der Waals surface area contributed by atoms with Gasteiger partial charge in [-0.15, -0.1) is 0 Å². The molecule has 3 nitrogen and oxygen atoms in total. The van der Waals surface area contributed by atoms with E-state index in [4.69, 9.17) is 16.7 Å². The predicted octanol–water partition coefficient (Wildman–Crippen LogP) is 2.49. The standard InChI is InChI=1S/C13H16ClNO2/c1-9-6-15(8-12(9)13(16)17)7-10-3-2-4-11(14)5-10/h2-5,9,12H,6-8H2,1H3,(H,16,17)/t9-,12-/m1/s1. The van der Waals surface area contributed by atoms with Crippen molar-refractivity contribution in [3.63, 3.8) is 0 Å². The summed E-state index contributed by atoms with van der Waals surface area (Å²) in [5, 5.41) is 9.79. The molecule has 1 aliphatic heterocycles. The van der Waals surface area contributed by atoms with Gasteiger partial charge in [0.15, 0.2) is 0 Å². The molecule has 1 aliphatic rings. The maximum atomic E-state index is 11.0. The molecule has 1 heterocycles. The molecule has 0 radical (unpaired) electrons. The minimum atomic E-state index is -0.689. The number of hydrogen-bond donors (Lipinski definition) is 1. The maximum Gasteiger partial charge on any atom is 0.308 e. The van der Waals surface area contributed by atoms with Crippen molar-refractivity contribution < 1.29 is 9.90 Å². The summed E-state index contributed by atoms with van der Waals surface area (Å²) in [5.74, 6) is -0.716. The topological polar surface area (TPSA) is 40.5 Å².